The first-order valence-electron chi connectivity index (χ1n) is 23.2. The maximum Gasteiger partial charge on any atom is 0.362 e. The number of hydrogen-bond donors (Lipinski definition) is 1. The molecule has 0 amide bonds. The van der Waals surface area contributed by atoms with Gasteiger partial charge in [0.25, 0.3) is 0 Å². The lowest BCUT2D eigenvalue weighted by Crippen LogP contribution is -2.50. The summed E-state index contributed by atoms with van der Waals surface area (Å²) in [7, 11) is 5.51. The van der Waals surface area contributed by atoms with Crippen LogP contribution in [0.1, 0.15) is 194 Å². The van der Waals surface area contributed by atoms with E-state index in [1.54, 1.807) is 0 Å². The maximum absolute atomic E-state index is 12.7. The summed E-state index contributed by atoms with van der Waals surface area (Å²) in [6.07, 6.45) is 47.3. The average molecular weight is 803 g/mol. The van der Waals surface area contributed by atoms with Crippen LogP contribution >= 0.6 is 0 Å². The number of ether oxygens (including phenoxy) is 3. The van der Waals surface area contributed by atoms with Crippen LogP contribution in [0.2, 0.25) is 0 Å². The van der Waals surface area contributed by atoms with Crippen molar-refractivity contribution in [1.82, 2.24) is 0 Å². The summed E-state index contributed by atoms with van der Waals surface area (Å²) in [5, 5.41) is 9.62. The quantitative estimate of drug-likeness (QED) is 0.0284. The zero-order chi connectivity index (χ0) is 42.1. The zero-order valence-corrected chi connectivity index (χ0v) is 37.5. The fraction of sp³-hybridized carbons (Fsp3) is 0.776. The molecule has 0 bridgehead atoms. The van der Waals surface area contributed by atoms with E-state index < -0.39 is 18.1 Å². The Morgan fingerprint density at radius 3 is 1.42 bits per heavy atom. The van der Waals surface area contributed by atoms with Gasteiger partial charge in [0.05, 0.1) is 34.4 Å². The first-order chi connectivity index (χ1) is 27.6. The smallest absolute Gasteiger partial charge is 0.362 e. The van der Waals surface area contributed by atoms with Crippen LogP contribution in [0.15, 0.2) is 48.6 Å². The Hall–Kier alpha value is -2.71. The van der Waals surface area contributed by atoms with Gasteiger partial charge in [0.15, 0.2) is 12.1 Å². The van der Waals surface area contributed by atoms with Gasteiger partial charge in [0, 0.05) is 19.3 Å². The van der Waals surface area contributed by atoms with Crippen molar-refractivity contribution in [3.05, 3.63) is 48.6 Å². The van der Waals surface area contributed by atoms with Crippen LogP contribution in [0.25, 0.3) is 0 Å². The van der Waals surface area contributed by atoms with Crippen molar-refractivity contribution in [3.63, 3.8) is 0 Å². The lowest BCUT2D eigenvalue weighted by atomic mass is 10.0. The Bertz CT molecular complexity index is 1070. The summed E-state index contributed by atoms with van der Waals surface area (Å²) in [6, 6.07) is -0.624. The van der Waals surface area contributed by atoms with Crippen molar-refractivity contribution in [1.29, 1.82) is 0 Å². The number of allylic oxidation sites excluding steroid dienone is 8. The molecule has 0 aliphatic rings. The van der Waals surface area contributed by atoms with E-state index in [9.17, 15) is 19.5 Å². The minimum absolute atomic E-state index is 0.0404. The molecule has 0 fully saturated rings. The summed E-state index contributed by atoms with van der Waals surface area (Å²) in [4.78, 5) is 37.0. The maximum atomic E-state index is 12.7. The van der Waals surface area contributed by atoms with E-state index in [0.29, 0.717) is 19.3 Å². The lowest BCUT2D eigenvalue weighted by Gasteiger charge is -2.31. The van der Waals surface area contributed by atoms with Crippen LogP contribution in [0.3, 0.4) is 0 Å². The predicted octanol–water partition coefficient (Wildman–Crippen LogP) is 12.8. The van der Waals surface area contributed by atoms with E-state index in [-0.39, 0.29) is 42.7 Å². The molecule has 0 aromatic heterocycles. The van der Waals surface area contributed by atoms with Crippen LogP contribution in [-0.4, -0.2) is 80.6 Å². The van der Waals surface area contributed by atoms with Gasteiger partial charge in [0.2, 0.25) is 0 Å². The van der Waals surface area contributed by atoms with Gasteiger partial charge in [-0.05, 0) is 51.4 Å². The number of carbonyl (C=O) groups excluding carboxylic acids is 2. The molecule has 330 valence electrons. The molecule has 0 spiro atoms. The molecule has 2 atom stereocenters. The number of carbonyl (C=O) groups is 3. The number of unbranched alkanes of at least 4 members (excludes halogenated alkanes) is 19. The van der Waals surface area contributed by atoms with E-state index in [1.165, 1.54) is 109 Å². The Kier molecular flexibility index (Phi) is 38.2. The van der Waals surface area contributed by atoms with E-state index in [2.05, 4.69) is 62.5 Å². The molecule has 0 rings (SSSR count). The number of esters is 2. The van der Waals surface area contributed by atoms with Crippen molar-refractivity contribution >= 4 is 17.9 Å². The van der Waals surface area contributed by atoms with Crippen molar-refractivity contribution in [3.8, 4) is 0 Å². The van der Waals surface area contributed by atoms with Gasteiger partial charge in [-0.1, -0.05) is 172 Å². The molecule has 0 aromatic carbocycles. The second kappa shape index (κ2) is 40.1. The molecule has 8 nitrogen and oxygen atoms in total. The minimum atomic E-state index is -0.883. The van der Waals surface area contributed by atoms with Gasteiger partial charge >= 0.3 is 17.9 Å². The van der Waals surface area contributed by atoms with Crippen LogP contribution in [0.5, 0.6) is 0 Å². The molecular formula is C49H88NO7+. The molecule has 8 heteroatoms. The SMILES string of the molecule is CCCCC/C=C/C/C=C/C/C=C/C/C=C/CCCC(=O)OC(COCCC(C(=O)O)[N+](C)(C)C)COC(=O)CCCCCCCCCCCCCCCCCC. The highest BCUT2D eigenvalue weighted by molar-refractivity contribution is 5.72. The van der Waals surface area contributed by atoms with Gasteiger partial charge in [-0.15, -0.1) is 0 Å². The molecule has 0 saturated carbocycles. The molecule has 0 aliphatic heterocycles. The third-order valence-electron chi connectivity index (χ3n) is 10.2. The summed E-state index contributed by atoms with van der Waals surface area (Å²) in [5.41, 5.74) is 0. The lowest BCUT2D eigenvalue weighted by molar-refractivity contribution is -0.887. The summed E-state index contributed by atoms with van der Waals surface area (Å²) >= 11 is 0. The molecule has 0 aliphatic carbocycles. The number of rotatable bonds is 41. The third kappa shape index (κ3) is 38.6. The van der Waals surface area contributed by atoms with E-state index in [0.717, 1.165) is 44.9 Å². The number of carboxylic acid groups (broad SMARTS) is 1. The highest BCUT2D eigenvalue weighted by Gasteiger charge is 2.31. The van der Waals surface area contributed by atoms with Gasteiger partial charge < -0.3 is 23.8 Å². The van der Waals surface area contributed by atoms with Crippen LogP contribution in [-0.2, 0) is 28.6 Å². The van der Waals surface area contributed by atoms with Crippen LogP contribution in [0.4, 0.5) is 0 Å². The third-order valence-corrected chi connectivity index (χ3v) is 10.2. The second-order valence-electron chi connectivity index (χ2n) is 16.7. The van der Waals surface area contributed by atoms with E-state index >= 15 is 0 Å². The van der Waals surface area contributed by atoms with Crippen molar-refractivity contribution < 1.29 is 38.2 Å². The van der Waals surface area contributed by atoms with Crippen LogP contribution in [0, 0.1) is 0 Å². The fourth-order valence-electron chi connectivity index (χ4n) is 6.61. The fourth-order valence-corrected chi connectivity index (χ4v) is 6.61. The van der Waals surface area contributed by atoms with Crippen LogP contribution < -0.4 is 0 Å². The predicted molar refractivity (Wildman–Crippen MR) is 238 cm³/mol. The van der Waals surface area contributed by atoms with Crippen molar-refractivity contribution in [2.24, 2.45) is 0 Å². The molecular weight excluding hydrogens is 715 g/mol. The summed E-state index contributed by atoms with van der Waals surface area (Å²) in [5.74, 6) is -1.53. The topological polar surface area (TPSA) is 99.1 Å². The largest absolute Gasteiger partial charge is 0.477 e. The minimum Gasteiger partial charge on any atom is -0.477 e. The van der Waals surface area contributed by atoms with E-state index in [1.807, 2.05) is 21.1 Å². The van der Waals surface area contributed by atoms with Gasteiger partial charge in [-0.25, -0.2) is 4.79 Å². The molecule has 1 N–H and O–H groups in total. The molecule has 0 heterocycles. The van der Waals surface area contributed by atoms with Crippen molar-refractivity contribution in [2.45, 2.75) is 206 Å². The van der Waals surface area contributed by atoms with E-state index in [4.69, 9.17) is 14.2 Å². The Balaban J connectivity index is 4.40. The Labute approximate surface area is 350 Å². The molecule has 2 unspecified atom stereocenters. The standard InChI is InChI=1S/C49H87NO7/c1-6-8-10-12-14-16-18-20-22-24-26-28-30-32-34-36-38-40-48(52)57-45(43-55-42-41-46(49(53)54)50(3,4)5)44-56-47(51)39-37-35-33-31-29-27-25-23-21-19-17-15-13-11-9-7-2/h14,16,20,22,26,28,32,34,45-46H,6-13,15,17-19,21,23-25,27,29-31,33,35-44H2,1-5H3/p+1/b16-14+,22-20+,28-26+,34-32+. The normalized spacial score (nSPS) is 13.4. The number of hydrogen-bond acceptors (Lipinski definition) is 6. The number of quaternary nitrogens is 1. The Morgan fingerprint density at radius 1 is 0.526 bits per heavy atom. The highest BCUT2D eigenvalue weighted by Crippen LogP contribution is 2.15. The van der Waals surface area contributed by atoms with Crippen molar-refractivity contribution in [2.75, 3.05) is 41.0 Å². The van der Waals surface area contributed by atoms with Gasteiger partial charge in [0.1, 0.15) is 6.61 Å². The molecule has 0 saturated heterocycles. The number of nitrogens with zero attached hydrogens (tertiary/aromatic N) is 1. The summed E-state index contributed by atoms with van der Waals surface area (Å²) < 4.78 is 17.2. The highest BCUT2D eigenvalue weighted by atomic mass is 16.6. The zero-order valence-electron chi connectivity index (χ0n) is 37.5. The first-order valence-corrected chi connectivity index (χ1v) is 23.2. The number of likely N-dealkylation sites (N-methyl/N-ethyl adjacent to an activating group) is 1. The molecule has 0 radical (unpaired) electrons. The molecule has 0 aromatic rings. The van der Waals surface area contributed by atoms with Gasteiger partial charge in [-0.3, -0.25) is 9.59 Å². The summed E-state index contributed by atoms with van der Waals surface area (Å²) in [6.45, 7) is 4.66. The monoisotopic (exact) mass is 803 g/mol. The first kappa shape index (κ1) is 54.3. The number of carboxylic acids is 1. The van der Waals surface area contributed by atoms with Gasteiger partial charge in [-0.2, -0.15) is 0 Å². The molecule has 57 heavy (non-hydrogen) atoms. The Morgan fingerprint density at radius 2 is 0.947 bits per heavy atom. The average Bonchev–Trinajstić information content (AvgIpc) is 3.17. The second-order valence-corrected chi connectivity index (χ2v) is 16.7. The number of aliphatic carboxylic acids is 1.